The van der Waals surface area contributed by atoms with E-state index < -0.39 is 0 Å². The number of hydrogen-bond acceptors (Lipinski definition) is 2. The van der Waals surface area contributed by atoms with Crippen LogP contribution in [0.1, 0.15) is 49.7 Å². The van der Waals surface area contributed by atoms with Crippen LogP contribution in [0.2, 0.25) is 0 Å². The number of rotatable bonds is 3. The van der Waals surface area contributed by atoms with E-state index in [2.05, 4.69) is 52.5 Å². The van der Waals surface area contributed by atoms with E-state index in [4.69, 9.17) is 0 Å². The number of anilines is 1. The van der Waals surface area contributed by atoms with Gasteiger partial charge < -0.3 is 10.6 Å². The summed E-state index contributed by atoms with van der Waals surface area (Å²) in [5, 5.41) is 7.63. The van der Waals surface area contributed by atoms with Gasteiger partial charge in [0.25, 0.3) is 0 Å². The monoisotopic (exact) mass is 350 g/mol. The van der Waals surface area contributed by atoms with Gasteiger partial charge in [0.05, 0.1) is 5.69 Å². The topological polar surface area (TPSA) is 24.1 Å². The minimum atomic E-state index is 0.623. The summed E-state index contributed by atoms with van der Waals surface area (Å²) in [6, 6.07) is 5.84. The first-order chi connectivity index (χ1) is 10.1. The summed E-state index contributed by atoms with van der Waals surface area (Å²) >= 11 is 3.74. The Hall–Kier alpha value is -0.540. The van der Waals surface area contributed by atoms with Crippen LogP contribution in [-0.4, -0.2) is 18.6 Å². The molecule has 1 aromatic carbocycles. The second kappa shape index (κ2) is 6.70. The maximum atomic E-state index is 3.87. The van der Waals surface area contributed by atoms with Crippen molar-refractivity contribution in [3.05, 3.63) is 27.7 Å². The zero-order valence-corrected chi connectivity index (χ0v) is 14.8. The number of aryl methyl sites for hydroxylation is 2. The summed E-state index contributed by atoms with van der Waals surface area (Å²) in [6.45, 7) is 5.58. The minimum Gasteiger partial charge on any atom is -0.381 e. The Morgan fingerprint density at radius 3 is 2.67 bits per heavy atom. The number of halogens is 1. The molecular weight excluding hydrogens is 324 g/mol. The van der Waals surface area contributed by atoms with E-state index >= 15 is 0 Å². The number of piperidine rings is 1. The van der Waals surface area contributed by atoms with Gasteiger partial charge in [-0.15, -0.1) is 0 Å². The molecule has 1 aliphatic heterocycles. The molecule has 1 aromatic rings. The molecule has 116 valence electrons. The van der Waals surface area contributed by atoms with Crippen molar-refractivity contribution in [2.45, 2.75) is 64.5 Å². The fourth-order valence-corrected chi connectivity index (χ4v) is 4.97. The zero-order valence-electron chi connectivity index (χ0n) is 13.2. The maximum absolute atomic E-state index is 3.87. The largest absolute Gasteiger partial charge is 0.381 e. The summed E-state index contributed by atoms with van der Waals surface area (Å²) < 4.78 is 1.21. The molecule has 0 bridgehead atoms. The molecule has 3 unspecified atom stereocenters. The molecule has 3 atom stereocenters. The van der Waals surface area contributed by atoms with Crippen molar-refractivity contribution >= 4 is 21.6 Å². The van der Waals surface area contributed by atoms with Crippen molar-refractivity contribution < 1.29 is 0 Å². The van der Waals surface area contributed by atoms with Crippen LogP contribution in [0.15, 0.2) is 16.6 Å². The van der Waals surface area contributed by atoms with Gasteiger partial charge in [0, 0.05) is 16.6 Å². The molecule has 1 saturated heterocycles. The highest BCUT2D eigenvalue weighted by atomic mass is 79.9. The van der Waals surface area contributed by atoms with E-state index in [1.807, 2.05) is 0 Å². The standard InChI is InChI=1S/C18H27BrN2/c1-12-10-13(2)18(15(19)11-12)21-17-8-5-6-14(17)16-7-3-4-9-20-16/h10-11,14,16-17,20-21H,3-9H2,1-2H3. The Morgan fingerprint density at radius 1 is 1.10 bits per heavy atom. The Morgan fingerprint density at radius 2 is 1.95 bits per heavy atom. The quantitative estimate of drug-likeness (QED) is 0.818. The average molecular weight is 351 g/mol. The second-order valence-electron chi connectivity index (χ2n) is 6.84. The van der Waals surface area contributed by atoms with Crippen LogP contribution >= 0.6 is 15.9 Å². The van der Waals surface area contributed by atoms with Crippen LogP contribution in [0.25, 0.3) is 0 Å². The van der Waals surface area contributed by atoms with Gasteiger partial charge in [0.1, 0.15) is 0 Å². The fraction of sp³-hybridized carbons (Fsp3) is 0.667. The van der Waals surface area contributed by atoms with Crippen LogP contribution in [0, 0.1) is 19.8 Å². The van der Waals surface area contributed by atoms with Crippen molar-refractivity contribution in [3.63, 3.8) is 0 Å². The maximum Gasteiger partial charge on any atom is 0.0516 e. The molecule has 0 amide bonds. The molecule has 0 spiro atoms. The van der Waals surface area contributed by atoms with Gasteiger partial charge in [0.15, 0.2) is 0 Å². The summed E-state index contributed by atoms with van der Waals surface area (Å²) in [6.07, 6.45) is 8.15. The molecule has 3 rings (SSSR count). The van der Waals surface area contributed by atoms with Gasteiger partial charge in [-0.2, -0.15) is 0 Å². The van der Waals surface area contributed by atoms with E-state index in [0.29, 0.717) is 6.04 Å². The lowest BCUT2D eigenvalue weighted by atomic mass is 9.88. The van der Waals surface area contributed by atoms with E-state index in [9.17, 15) is 0 Å². The highest BCUT2D eigenvalue weighted by Crippen LogP contribution is 2.36. The first-order valence-corrected chi connectivity index (χ1v) is 9.21. The molecule has 2 fully saturated rings. The first kappa shape index (κ1) is 15.4. The Labute approximate surface area is 137 Å². The number of benzene rings is 1. The summed E-state index contributed by atoms with van der Waals surface area (Å²) in [4.78, 5) is 0. The van der Waals surface area contributed by atoms with E-state index in [-0.39, 0.29) is 0 Å². The fourth-order valence-electron chi connectivity index (χ4n) is 4.18. The normalized spacial score (nSPS) is 29.6. The molecule has 2 nitrogen and oxygen atoms in total. The molecule has 1 aliphatic carbocycles. The third kappa shape index (κ3) is 3.45. The minimum absolute atomic E-state index is 0.623. The van der Waals surface area contributed by atoms with Crippen LogP contribution < -0.4 is 10.6 Å². The summed E-state index contributed by atoms with van der Waals surface area (Å²) in [5.74, 6) is 0.790. The Kier molecular flexibility index (Phi) is 4.90. The molecule has 1 saturated carbocycles. The average Bonchev–Trinajstić information content (AvgIpc) is 2.92. The molecule has 2 aliphatic rings. The van der Waals surface area contributed by atoms with Crippen molar-refractivity contribution in [2.75, 3.05) is 11.9 Å². The van der Waals surface area contributed by atoms with E-state index in [1.165, 1.54) is 66.4 Å². The molecule has 1 heterocycles. The predicted molar refractivity (Wildman–Crippen MR) is 94.0 cm³/mol. The van der Waals surface area contributed by atoms with Gasteiger partial charge in [-0.25, -0.2) is 0 Å². The summed E-state index contributed by atoms with van der Waals surface area (Å²) in [7, 11) is 0. The molecule has 21 heavy (non-hydrogen) atoms. The van der Waals surface area contributed by atoms with Gasteiger partial charge in [-0.05, 0) is 85.1 Å². The van der Waals surface area contributed by atoms with Gasteiger partial charge in [-0.1, -0.05) is 18.9 Å². The van der Waals surface area contributed by atoms with Crippen molar-refractivity contribution in [3.8, 4) is 0 Å². The lowest BCUT2D eigenvalue weighted by Crippen LogP contribution is -2.44. The Bertz CT molecular complexity index is 471. The van der Waals surface area contributed by atoms with Crippen molar-refractivity contribution in [1.82, 2.24) is 5.32 Å². The lowest BCUT2D eigenvalue weighted by molar-refractivity contribution is 0.286. The molecular formula is C18H27BrN2. The van der Waals surface area contributed by atoms with Crippen molar-refractivity contribution in [2.24, 2.45) is 5.92 Å². The zero-order chi connectivity index (χ0) is 14.8. The highest BCUT2D eigenvalue weighted by molar-refractivity contribution is 9.10. The van der Waals surface area contributed by atoms with Crippen LogP contribution in [0.5, 0.6) is 0 Å². The molecule has 2 N–H and O–H groups in total. The van der Waals surface area contributed by atoms with Crippen LogP contribution in [-0.2, 0) is 0 Å². The van der Waals surface area contributed by atoms with E-state index in [1.54, 1.807) is 0 Å². The van der Waals surface area contributed by atoms with E-state index in [0.717, 1.165) is 12.0 Å². The molecule has 3 heteroatoms. The molecule has 0 radical (unpaired) electrons. The second-order valence-corrected chi connectivity index (χ2v) is 7.69. The Balaban J connectivity index is 1.74. The highest BCUT2D eigenvalue weighted by Gasteiger charge is 2.34. The van der Waals surface area contributed by atoms with Crippen LogP contribution in [0.3, 0.4) is 0 Å². The third-order valence-corrected chi connectivity index (χ3v) is 5.82. The van der Waals surface area contributed by atoms with Gasteiger partial charge in [0.2, 0.25) is 0 Å². The van der Waals surface area contributed by atoms with Crippen molar-refractivity contribution in [1.29, 1.82) is 0 Å². The van der Waals surface area contributed by atoms with Crippen LogP contribution in [0.4, 0.5) is 5.69 Å². The first-order valence-electron chi connectivity index (χ1n) is 8.42. The van der Waals surface area contributed by atoms with Gasteiger partial charge in [-0.3, -0.25) is 0 Å². The smallest absolute Gasteiger partial charge is 0.0516 e. The number of nitrogens with one attached hydrogen (secondary N) is 2. The number of hydrogen-bond donors (Lipinski definition) is 2. The molecule has 0 aromatic heterocycles. The third-order valence-electron chi connectivity index (χ3n) is 5.20. The van der Waals surface area contributed by atoms with Gasteiger partial charge >= 0.3 is 0 Å². The predicted octanol–water partition coefficient (Wildman–Crippen LogP) is 4.79. The summed E-state index contributed by atoms with van der Waals surface area (Å²) in [5.41, 5.74) is 3.97. The SMILES string of the molecule is Cc1cc(C)c(NC2CCCC2C2CCCCN2)c(Br)c1. The lowest BCUT2D eigenvalue weighted by Gasteiger charge is -2.34.